The minimum Gasteiger partial charge on any atom is -0.374 e. The van der Waals surface area contributed by atoms with Crippen molar-refractivity contribution in [2.45, 2.75) is 73.2 Å². The molecule has 1 nitrogen and oxygen atoms in total. The van der Waals surface area contributed by atoms with Crippen molar-refractivity contribution in [3.63, 3.8) is 0 Å². The second-order valence-corrected chi connectivity index (χ2v) is 7.63. The molecule has 0 saturated carbocycles. The molecular formula is C16H31BO. The summed E-state index contributed by atoms with van der Waals surface area (Å²) in [6.45, 7) is 18.3. The predicted octanol–water partition coefficient (Wildman–Crippen LogP) is 4.78. The van der Waals surface area contributed by atoms with Crippen LogP contribution in [0.3, 0.4) is 0 Å². The van der Waals surface area contributed by atoms with Gasteiger partial charge in [0, 0.05) is 6.61 Å². The van der Waals surface area contributed by atoms with Gasteiger partial charge in [-0.05, 0) is 30.1 Å². The molecule has 0 aromatic heterocycles. The Morgan fingerprint density at radius 1 is 1.06 bits per heavy atom. The van der Waals surface area contributed by atoms with E-state index in [-0.39, 0.29) is 6.10 Å². The smallest absolute Gasteiger partial charge is 0.0775 e. The topological polar surface area (TPSA) is 9.23 Å². The van der Waals surface area contributed by atoms with E-state index in [1.807, 2.05) is 0 Å². The SMILES string of the molecule is [B]CC(=C)C(CCC(C)(C)C)OCCC(C)(C)C. The zero-order valence-corrected chi connectivity index (χ0v) is 13.3. The molecule has 2 radical (unpaired) electrons. The number of hydrogen-bond acceptors (Lipinski definition) is 1. The van der Waals surface area contributed by atoms with Crippen LogP contribution in [0.25, 0.3) is 0 Å². The summed E-state index contributed by atoms with van der Waals surface area (Å²) in [6, 6.07) is 0. The first kappa shape index (κ1) is 17.8. The quantitative estimate of drug-likeness (QED) is 0.467. The molecule has 0 spiro atoms. The highest BCUT2D eigenvalue weighted by Gasteiger charge is 2.18. The Hall–Kier alpha value is -0.235. The fourth-order valence-electron chi connectivity index (χ4n) is 1.61. The van der Waals surface area contributed by atoms with E-state index in [9.17, 15) is 0 Å². The highest BCUT2D eigenvalue weighted by Crippen LogP contribution is 2.26. The monoisotopic (exact) mass is 250 g/mol. The van der Waals surface area contributed by atoms with Crippen molar-refractivity contribution in [2.75, 3.05) is 6.61 Å². The van der Waals surface area contributed by atoms with Crippen LogP contribution < -0.4 is 0 Å². The maximum absolute atomic E-state index is 5.99. The van der Waals surface area contributed by atoms with Crippen LogP contribution in [-0.4, -0.2) is 20.6 Å². The van der Waals surface area contributed by atoms with E-state index < -0.39 is 0 Å². The molecule has 0 saturated heterocycles. The van der Waals surface area contributed by atoms with Gasteiger partial charge in [-0.3, -0.25) is 0 Å². The molecule has 0 N–H and O–H groups in total. The van der Waals surface area contributed by atoms with Crippen molar-refractivity contribution in [3.8, 4) is 0 Å². The molecule has 0 bridgehead atoms. The Morgan fingerprint density at radius 3 is 1.94 bits per heavy atom. The molecule has 0 aromatic carbocycles. The molecular weight excluding hydrogens is 219 g/mol. The minimum atomic E-state index is 0.122. The predicted molar refractivity (Wildman–Crippen MR) is 82.2 cm³/mol. The summed E-state index contributed by atoms with van der Waals surface area (Å²) in [5.41, 5.74) is 1.67. The van der Waals surface area contributed by atoms with E-state index in [4.69, 9.17) is 12.6 Å². The minimum absolute atomic E-state index is 0.122. The number of rotatable bonds is 7. The van der Waals surface area contributed by atoms with Crippen LogP contribution in [-0.2, 0) is 4.74 Å². The molecule has 0 aliphatic carbocycles. The van der Waals surface area contributed by atoms with Crippen LogP contribution in [0.2, 0.25) is 6.32 Å². The van der Waals surface area contributed by atoms with Crippen molar-refractivity contribution in [1.29, 1.82) is 0 Å². The molecule has 104 valence electrons. The molecule has 0 aliphatic rings. The van der Waals surface area contributed by atoms with Gasteiger partial charge in [0.05, 0.1) is 14.0 Å². The van der Waals surface area contributed by atoms with Gasteiger partial charge in [-0.1, -0.05) is 60.0 Å². The lowest BCUT2D eigenvalue weighted by atomic mass is 9.85. The summed E-state index contributed by atoms with van der Waals surface area (Å²) in [5.74, 6) is 0. The molecule has 1 unspecified atom stereocenters. The van der Waals surface area contributed by atoms with Crippen molar-refractivity contribution in [1.82, 2.24) is 0 Å². The number of hydrogen-bond donors (Lipinski definition) is 0. The standard InChI is InChI=1S/C16H31BO/c1-13(12-17)14(8-9-15(2,3)4)18-11-10-16(5,6)7/h14H,1,8-12H2,2-7H3. The average Bonchev–Trinajstić information content (AvgIpc) is 2.19. The first-order chi connectivity index (χ1) is 8.05. The summed E-state index contributed by atoms with van der Waals surface area (Å²) in [7, 11) is 5.69. The van der Waals surface area contributed by atoms with Crippen LogP contribution in [0.1, 0.15) is 60.8 Å². The van der Waals surface area contributed by atoms with Gasteiger partial charge in [0.25, 0.3) is 0 Å². The highest BCUT2D eigenvalue weighted by molar-refractivity contribution is 6.10. The molecule has 18 heavy (non-hydrogen) atoms. The van der Waals surface area contributed by atoms with E-state index in [0.717, 1.165) is 31.4 Å². The van der Waals surface area contributed by atoms with E-state index in [0.29, 0.717) is 17.2 Å². The molecule has 0 rings (SSSR count). The first-order valence-corrected chi connectivity index (χ1v) is 7.04. The fraction of sp³-hybridized carbons (Fsp3) is 0.875. The van der Waals surface area contributed by atoms with Crippen molar-refractivity contribution in [3.05, 3.63) is 12.2 Å². The second-order valence-electron chi connectivity index (χ2n) is 7.63. The van der Waals surface area contributed by atoms with E-state index >= 15 is 0 Å². The third-order valence-electron chi connectivity index (χ3n) is 3.05. The van der Waals surface area contributed by atoms with E-state index in [1.54, 1.807) is 0 Å². The largest absolute Gasteiger partial charge is 0.374 e. The van der Waals surface area contributed by atoms with Gasteiger partial charge in [-0.2, -0.15) is 0 Å². The third kappa shape index (κ3) is 9.76. The van der Waals surface area contributed by atoms with Gasteiger partial charge < -0.3 is 4.74 Å². The highest BCUT2D eigenvalue weighted by atomic mass is 16.5. The summed E-state index contributed by atoms with van der Waals surface area (Å²) in [5, 5.41) is 0. The summed E-state index contributed by atoms with van der Waals surface area (Å²) < 4.78 is 5.99. The van der Waals surface area contributed by atoms with Gasteiger partial charge in [0.15, 0.2) is 0 Å². The summed E-state index contributed by atoms with van der Waals surface area (Å²) >= 11 is 0. The molecule has 0 aliphatic heterocycles. The molecule has 0 fully saturated rings. The van der Waals surface area contributed by atoms with Crippen molar-refractivity contribution >= 4 is 7.85 Å². The zero-order chi connectivity index (χ0) is 14.4. The molecule has 1 atom stereocenters. The van der Waals surface area contributed by atoms with Crippen molar-refractivity contribution < 1.29 is 4.74 Å². The Morgan fingerprint density at radius 2 is 1.56 bits per heavy atom. The third-order valence-corrected chi connectivity index (χ3v) is 3.05. The van der Waals surface area contributed by atoms with Crippen LogP contribution in [0, 0.1) is 10.8 Å². The lowest BCUT2D eigenvalue weighted by Crippen LogP contribution is -2.21. The maximum Gasteiger partial charge on any atom is 0.0775 e. The fourth-order valence-corrected chi connectivity index (χ4v) is 1.61. The van der Waals surface area contributed by atoms with Crippen LogP contribution in [0.4, 0.5) is 0 Å². The average molecular weight is 250 g/mol. The Kier molecular flexibility index (Phi) is 7.28. The normalized spacial score (nSPS) is 14.6. The molecule has 0 heterocycles. The van der Waals surface area contributed by atoms with Crippen molar-refractivity contribution in [2.24, 2.45) is 10.8 Å². The molecule has 0 amide bonds. The first-order valence-electron chi connectivity index (χ1n) is 7.04. The van der Waals surface area contributed by atoms with Gasteiger partial charge in [-0.25, -0.2) is 0 Å². The van der Waals surface area contributed by atoms with E-state index in [2.05, 4.69) is 48.1 Å². The van der Waals surface area contributed by atoms with Crippen LogP contribution in [0.15, 0.2) is 12.2 Å². The van der Waals surface area contributed by atoms with E-state index in [1.165, 1.54) is 0 Å². The number of ether oxygens (including phenoxy) is 1. The lowest BCUT2D eigenvalue weighted by molar-refractivity contribution is 0.0479. The Balaban J connectivity index is 4.21. The second kappa shape index (κ2) is 7.38. The van der Waals surface area contributed by atoms with Crippen LogP contribution >= 0.6 is 0 Å². The summed E-state index contributed by atoms with van der Waals surface area (Å²) in [6.07, 6.45) is 3.86. The van der Waals surface area contributed by atoms with Gasteiger partial charge in [-0.15, -0.1) is 0 Å². The molecule has 2 heteroatoms. The lowest BCUT2D eigenvalue weighted by Gasteiger charge is -2.26. The molecule has 0 aromatic rings. The maximum atomic E-state index is 5.99. The van der Waals surface area contributed by atoms with Gasteiger partial charge >= 0.3 is 0 Å². The Labute approximate surface area is 116 Å². The Bertz CT molecular complexity index is 245. The van der Waals surface area contributed by atoms with Gasteiger partial charge in [0.1, 0.15) is 0 Å². The summed E-state index contributed by atoms with van der Waals surface area (Å²) in [4.78, 5) is 0. The van der Waals surface area contributed by atoms with Crippen LogP contribution in [0.5, 0.6) is 0 Å². The van der Waals surface area contributed by atoms with Gasteiger partial charge in [0.2, 0.25) is 0 Å². The zero-order valence-electron chi connectivity index (χ0n) is 13.3.